The van der Waals surface area contributed by atoms with E-state index < -0.39 is 0 Å². The standard InChI is InChI=1S/C20H21NO2S/c22-17(11-6-2-5-10-16-8-3-1-4-9-16)14-20-21-15-19(24-20)18-12-7-13-23-18/h1,3-4,7-9,12-13,15H,2,5-6,10-11,14H2. The zero-order valence-corrected chi connectivity index (χ0v) is 14.4. The first-order valence-electron chi connectivity index (χ1n) is 8.35. The minimum Gasteiger partial charge on any atom is -0.463 e. The zero-order valence-electron chi connectivity index (χ0n) is 13.6. The Kier molecular flexibility index (Phi) is 5.96. The smallest absolute Gasteiger partial charge is 0.145 e. The van der Waals surface area contributed by atoms with Crippen LogP contribution in [0.2, 0.25) is 0 Å². The van der Waals surface area contributed by atoms with Crippen LogP contribution in [-0.4, -0.2) is 10.8 Å². The highest BCUT2D eigenvalue weighted by molar-refractivity contribution is 7.15. The van der Waals surface area contributed by atoms with Crippen LogP contribution in [0.15, 0.2) is 59.3 Å². The molecule has 2 heterocycles. The van der Waals surface area contributed by atoms with Gasteiger partial charge in [0.2, 0.25) is 0 Å². The van der Waals surface area contributed by atoms with E-state index >= 15 is 0 Å². The second kappa shape index (κ2) is 8.60. The molecule has 4 heteroatoms. The van der Waals surface area contributed by atoms with Gasteiger partial charge in [0.25, 0.3) is 0 Å². The number of ketones is 1. The number of aryl methyl sites for hydroxylation is 1. The van der Waals surface area contributed by atoms with Crippen molar-refractivity contribution < 1.29 is 9.21 Å². The summed E-state index contributed by atoms with van der Waals surface area (Å²) < 4.78 is 5.35. The van der Waals surface area contributed by atoms with Crippen LogP contribution >= 0.6 is 11.3 Å². The van der Waals surface area contributed by atoms with Crippen LogP contribution < -0.4 is 0 Å². The van der Waals surface area contributed by atoms with Crippen LogP contribution in [-0.2, 0) is 17.6 Å². The van der Waals surface area contributed by atoms with E-state index in [1.165, 1.54) is 16.9 Å². The van der Waals surface area contributed by atoms with Gasteiger partial charge in [-0.05, 0) is 37.0 Å². The quantitative estimate of drug-likeness (QED) is 0.496. The largest absolute Gasteiger partial charge is 0.463 e. The predicted octanol–water partition coefficient (Wildman–Crippen LogP) is 5.32. The molecule has 3 aromatic rings. The summed E-state index contributed by atoms with van der Waals surface area (Å²) >= 11 is 1.53. The zero-order chi connectivity index (χ0) is 16.6. The number of benzene rings is 1. The van der Waals surface area contributed by atoms with Gasteiger partial charge >= 0.3 is 0 Å². The highest BCUT2D eigenvalue weighted by atomic mass is 32.1. The average Bonchev–Trinajstić information content (AvgIpc) is 3.27. The number of aromatic nitrogens is 1. The van der Waals surface area contributed by atoms with Crippen molar-refractivity contribution in [2.24, 2.45) is 0 Å². The molecule has 0 aliphatic carbocycles. The van der Waals surface area contributed by atoms with Crippen LogP contribution in [0.1, 0.15) is 36.3 Å². The Hall–Kier alpha value is -2.20. The summed E-state index contributed by atoms with van der Waals surface area (Å²) in [5, 5.41) is 0.871. The second-order valence-electron chi connectivity index (χ2n) is 5.86. The Morgan fingerprint density at radius 3 is 2.71 bits per heavy atom. The van der Waals surface area contributed by atoms with Gasteiger partial charge in [-0.25, -0.2) is 4.98 Å². The number of nitrogens with zero attached hydrogens (tertiary/aromatic N) is 1. The van der Waals surface area contributed by atoms with Gasteiger partial charge in [0.15, 0.2) is 0 Å². The normalized spacial score (nSPS) is 10.8. The highest BCUT2D eigenvalue weighted by Crippen LogP contribution is 2.26. The Morgan fingerprint density at radius 2 is 1.92 bits per heavy atom. The summed E-state index contributed by atoms with van der Waals surface area (Å²) in [4.78, 5) is 17.4. The van der Waals surface area contributed by atoms with Crippen LogP contribution in [0.4, 0.5) is 0 Å². The van der Waals surface area contributed by atoms with E-state index in [1.807, 2.05) is 18.2 Å². The summed E-state index contributed by atoms with van der Waals surface area (Å²) in [6.07, 6.45) is 8.79. The molecule has 0 amide bonds. The molecular weight excluding hydrogens is 318 g/mol. The molecule has 1 aromatic carbocycles. The average molecular weight is 339 g/mol. The molecule has 0 fully saturated rings. The number of carbonyl (C=O) groups excluding carboxylic acids is 1. The summed E-state index contributed by atoms with van der Waals surface area (Å²) in [7, 11) is 0. The molecule has 0 radical (unpaired) electrons. The van der Waals surface area contributed by atoms with E-state index in [0.29, 0.717) is 12.8 Å². The Morgan fingerprint density at radius 1 is 1.04 bits per heavy atom. The lowest BCUT2D eigenvalue weighted by atomic mass is 10.0. The van der Waals surface area contributed by atoms with Crippen molar-refractivity contribution in [3.05, 3.63) is 65.5 Å². The summed E-state index contributed by atoms with van der Waals surface area (Å²) in [6, 6.07) is 14.3. The third-order valence-electron chi connectivity index (χ3n) is 3.93. The minimum absolute atomic E-state index is 0.273. The van der Waals surface area contributed by atoms with Gasteiger partial charge in [-0.1, -0.05) is 36.8 Å². The van der Waals surface area contributed by atoms with Gasteiger partial charge in [0.1, 0.15) is 16.6 Å². The fraction of sp³-hybridized carbons (Fsp3) is 0.300. The number of Topliss-reactive ketones (excluding diaryl/α,β-unsaturated/α-hetero) is 1. The molecule has 0 unspecified atom stereocenters. The molecule has 0 spiro atoms. The molecule has 24 heavy (non-hydrogen) atoms. The van der Waals surface area contributed by atoms with Crippen LogP contribution in [0.25, 0.3) is 10.6 Å². The molecule has 2 aromatic heterocycles. The lowest BCUT2D eigenvalue weighted by Crippen LogP contribution is -2.02. The summed E-state index contributed by atoms with van der Waals surface area (Å²) in [5.41, 5.74) is 1.37. The number of thiazole rings is 1. The topological polar surface area (TPSA) is 43.1 Å². The molecule has 0 atom stereocenters. The van der Waals surface area contributed by atoms with E-state index in [9.17, 15) is 4.79 Å². The van der Waals surface area contributed by atoms with Crippen molar-refractivity contribution in [2.45, 2.75) is 38.5 Å². The molecular formula is C20H21NO2S. The van der Waals surface area contributed by atoms with Crippen molar-refractivity contribution in [1.82, 2.24) is 4.98 Å². The van der Waals surface area contributed by atoms with E-state index in [2.05, 4.69) is 29.2 Å². The molecule has 124 valence electrons. The number of carbonyl (C=O) groups is 1. The molecule has 3 rings (SSSR count). The molecule has 0 aliphatic rings. The third kappa shape index (κ3) is 4.90. The lowest BCUT2D eigenvalue weighted by Gasteiger charge is -2.01. The second-order valence-corrected chi connectivity index (χ2v) is 6.97. The van der Waals surface area contributed by atoms with Gasteiger partial charge in [-0.15, -0.1) is 11.3 Å². The summed E-state index contributed by atoms with van der Waals surface area (Å²) in [5.74, 6) is 1.09. The number of furan rings is 1. The SMILES string of the molecule is O=C(CCCCCc1ccccc1)Cc1ncc(-c2ccco2)s1. The molecule has 3 nitrogen and oxygen atoms in total. The van der Waals surface area contributed by atoms with Gasteiger partial charge < -0.3 is 4.42 Å². The van der Waals surface area contributed by atoms with Gasteiger partial charge in [0, 0.05) is 12.6 Å². The molecule has 0 bridgehead atoms. The fourth-order valence-corrected chi connectivity index (χ4v) is 3.57. The number of hydrogen-bond donors (Lipinski definition) is 0. The predicted molar refractivity (Wildman–Crippen MR) is 97.1 cm³/mol. The lowest BCUT2D eigenvalue weighted by molar-refractivity contribution is -0.118. The van der Waals surface area contributed by atoms with Crippen molar-refractivity contribution in [3.8, 4) is 10.6 Å². The van der Waals surface area contributed by atoms with Crippen LogP contribution in [0, 0.1) is 0 Å². The van der Waals surface area contributed by atoms with E-state index in [4.69, 9.17) is 4.42 Å². The molecule has 0 aliphatic heterocycles. The third-order valence-corrected chi connectivity index (χ3v) is 4.94. The molecule has 0 saturated heterocycles. The van der Waals surface area contributed by atoms with Crippen molar-refractivity contribution in [2.75, 3.05) is 0 Å². The molecule has 0 N–H and O–H groups in total. The van der Waals surface area contributed by atoms with Gasteiger partial charge in [-0.2, -0.15) is 0 Å². The molecule has 0 saturated carbocycles. The first-order chi connectivity index (χ1) is 11.8. The monoisotopic (exact) mass is 339 g/mol. The van der Waals surface area contributed by atoms with Gasteiger partial charge in [-0.3, -0.25) is 4.79 Å². The van der Waals surface area contributed by atoms with E-state index in [-0.39, 0.29) is 5.78 Å². The van der Waals surface area contributed by atoms with E-state index in [1.54, 1.807) is 12.5 Å². The van der Waals surface area contributed by atoms with Crippen molar-refractivity contribution in [3.63, 3.8) is 0 Å². The maximum absolute atomic E-state index is 12.1. The van der Waals surface area contributed by atoms with Crippen molar-refractivity contribution in [1.29, 1.82) is 0 Å². The summed E-state index contributed by atoms with van der Waals surface area (Å²) in [6.45, 7) is 0. The Labute approximate surface area is 146 Å². The maximum Gasteiger partial charge on any atom is 0.145 e. The van der Waals surface area contributed by atoms with Crippen LogP contribution in [0.5, 0.6) is 0 Å². The van der Waals surface area contributed by atoms with Crippen molar-refractivity contribution >= 4 is 17.1 Å². The number of unbranched alkanes of at least 4 members (excludes halogenated alkanes) is 2. The highest BCUT2D eigenvalue weighted by Gasteiger charge is 2.10. The van der Waals surface area contributed by atoms with Gasteiger partial charge in [0.05, 0.1) is 17.6 Å². The first-order valence-corrected chi connectivity index (χ1v) is 9.17. The Bertz CT molecular complexity index is 747. The number of rotatable bonds is 9. The maximum atomic E-state index is 12.1. The Balaban J connectivity index is 1.35. The van der Waals surface area contributed by atoms with E-state index in [0.717, 1.165) is 41.3 Å². The fourth-order valence-electron chi connectivity index (χ4n) is 2.65. The minimum atomic E-state index is 0.273. The van der Waals surface area contributed by atoms with Crippen LogP contribution in [0.3, 0.4) is 0 Å². The first kappa shape index (κ1) is 16.7. The number of hydrogen-bond acceptors (Lipinski definition) is 4.